The molecule has 0 bridgehead atoms. The number of hydrogen-bond acceptors (Lipinski definition) is 2. The summed E-state index contributed by atoms with van der Waals surface area (Å²) in [5, 5.41) is 11.9. The largest absolute Gasteiger partial charge is 0.480 e. The first-order valence-corrected chi connectivity index (χ1v) is 14.5. The fraction of sp³-hybridized carbons (Fsp3) is 0.931. The van der Waals surface area contributed by atoms with Crippen LogP contribution in [0.4, 0.5) is 0 Å². The van der Waals surface area contributed by atoms with E-state index in [4.69, 9.17) is 0 Å². The van der Waals surface area contributed by atoms with Crippen LogP contribution in [-0.4, -0.2) is 23.0 Å². The first-order chi connectivity index (χ1) is 16.0. The van der Waals surface area contributed by atoms with Crippen LogP contribution in [0.3, 0.4) is 0 Å². The molecule has 1 amide bonds. The summed E-state index contributed by atoms with van der Waals surface area (Å²) in [5.74, 6) is -0.794. The van der Waals surface area contributed by atoms with E-state index in [0.717, 1.165) is 12.8 Å². The van der Waals surface area contributed by atoms with Crippen molar-refractivity contribution in [2.75, 3.05) is 0 Å². The molecule has 0 spiro atoms. The Labute approximate surface area is 206 Å². The summed E-state index contributed by atoms with van der Waals surface area (Å²) < 4.78 is 0. The van der Waals surface area contributed by atoms with E-state index >= 15 is 0 Å². The molecule has 0 heterocycles. The molecule has 0 rings (SSSR count). The predicted molar refractivity (Wildman–Crippen MR) is 142 cm³/mol. The van der Waals surface area contributed by atoms with Crippen LogP contribution in [0, 0.1) is 5.92 Å². The average molecular weight is 468 g/mol. The summed E-state index contributed by atoms with van der Waals surface area (Å²) in [4.78, 5) is 23.2. The Bertz CT molecular complexity index is 450. The van der Waals surface area contributed by atoms with Crippen LogP contribution in [0.1, 0.15) is 162 Å². The maximum absolute atomic E-state index is 12.0. The Kier molecular flexibility index (Phi) is 23.3. The number of nitrogens with one attached hydrogen (secondary N) is 1. The first-order valence-electron chi connectivity index (χ1n) is 14.5. The molecule has 4 nitrogen and oxygen atoms in total. The molecule has 0 saturated heterocycles. The second-order valence-corrected chi connectivity index (χ2v) is 10.6. The highest BCUT2D eigenvalue weighted by Crippen LogP contribution is 2.15. The highest BCUT2D eigenvalue weighted by atomic mass is 16.4. The van der Waals surface area contributed by atoms with E-state index in [0.29, 0.717) is 12.8 Å². The molecule has 33 heavy (non-hydrogen) atoms. The fourth-order valence-electron chi connectivity index (χ4n) is 4.50. The van der Waals surface area contributed by atoms with Crippen molar-refractivity contribution < 1.29 is 14.7 Å². The molecule has 0 aliphatic heterocycles. The van der Waals surface area contributed by atoms with E-state index in [1.54, 1.807) is 0 Å². The zero-order chi connectivity index (χ0) is 24.6. The summed E-state index contributed by atoms with van der Waals surface area (Å²) in [6.45, 7) is 6.23. The maximum Gasteiger partial charge on any atom is 0.326 e. The highest BCUT2D eigenvalue weighted by molar-refractivity contribution is 5.83. The van der Waals surface area contributed by atoms with Crippen molar-refractivity contribution in [3.05, 3.63) is 0 Å². The van der Waals surface area contributed by atoms with Crippen molar-refractivity contribution in [1.29, 1.82) is 0 Å². The van der Waals surface area contributed by atoms with Gasteiger partial charge >= 0.3 is 5.97 Å². The number of rotatable bonds is 25. The van der Waals surface area contributed by atoms with Crippen LogP contribution in [-0.2, 0) is 9.59 Å². The molecule has 0 aliphatic carbocycles. The van der Waals surface area contributed by atoms with Crippen molar-refractivity contribution in [2.24, 2.45) is 5.92 Å². The van der Waals surface area contributed by atoms with Crippen LogP contribution in [0.2, 0.25) is 0 Å². The van der Waals surface area contributed by atoms with Gasteiger partial charge in [0, 0.05) is 6.42 Å². The number of hydrogen-bond donors (Lipinski definition) is 2. The topological polar surface area (TPSA) is 66.4 Å². The standard InChI is InChI=1S/C29H57NO3/c1-4-5-6-7-8-9-10-11-12-13-14-15-16-17-18-19-20-21-22-23-24-28(31)30-27(29(32)33)25-26(2)3/h26-27H,4-25H2,1-3H3,(H,30,31)(H,32,33)/t27-/m0/s1. The molecular formula is C29H57NO3. The lowest BCUT2D eigenvalue weighted by Gasteiger charge is -2.16. The number of carboxylic acids is 1. The number of unbranched alkanes of at least 4 members (excludes halogenated alkanes) is 19. The van der Waals surface area contributed by atoms with Gasteiger partial charge < -0.3 is 10.4 Å². The molecule has 0 fully saturated rings. The van der Waals surface area contributed by atoms with Gasteiger partial charge in [0.05, 0.1) is 0 Å². The third kappa shape index (κ3) is 23.9. The Hall–Kier alpha value is -1.06. The Balaban J connectivity index is 3.31. The van der Waals surface area contributed by atoms with E-state index in [9.17, 15) is 14.7 Å². The molecule has 0 aliphatic rings. The quantitative estimate of drug-likeness (QED) is 0.132. The molecule has 0 aromatic rings. The lowest BCUT2D eigenvalue weighted by atomic mass is 10.0. The first kappa shape index (κ1) is 31.9. The smallest absolute Gasteiger partial charge is 0.326 e. The highest BCUT2D eigenvalue weighted by Gasteiger charge is 2.20. The molecule has 196 valence electrons. The number of carboxylic acid groups (broad SMARTS) is 1. The zero-order valence-corrected chi connectivity index (χ0v) is 22.5. The summed E-state index contributed by atoms with van der Waals surface area (Å²) in [5.41, 5.74) is 0. The number of carbonyl (C=O) groups is 2. The van der Waals surface area contributed by atoms with Crippen LogP contribution in [0.25, 0.3) is 0 Å². The van der Waals surface area contributed by atoms with Gasteiger partial charge in [0.2, 0.25) is 5.91 Å². The van der Waals surface area contributed by atoms with Gasteiger partial charge in [-0.3, -0.25) is 4.79 Å². The monoisotopic (exact) mass is 467 g/mol. The fourth-order valence-corrected chi connectivity index (χ4v) is 4.50. The van der Waals surface area contributed by atoms with Gasteiger partial charge in [-0.1, -0.05) is 143 Å². The molecule has 0 aromatic carbocycles. The molecule has 2 N–H and O–H groups in total. The van der Waals surface area contributed by atoms with Crippen LogP contribution >= 0.6 is 0 Å². The number of amides is 1. The minimum Gasteiger partial charge on any atom is -0.480 e. The van der Waals surface area contributed by atoms with Gasteiger partial charge in [-0.15, -0.1) is 0 Å². The van der Waals surface area contributed by atoms with Crippen molar-refractivity contribution in [2.45, 2.75) is 168 Å². The third-order valence-electron chi connectivity index (χ3n) is 6.60. The SMILES string of the molecule is CCCCCCCCCCCCCCCCCCCCCCC(=O)N[C@@H](CC(C)C)C(=O)O. The molecule has 0 unspecified atom stereocenters. The van der Waals surface area contributed by atoms with Crippen molar-refractivity contribution in [3.8, 4) is 0 Å². The lowest BCUT2D eigenvalue weighted by molar-refractivity contribution is -0.142. The Morgan fingerprint density at radius 3 is 1.24 bits per heavy atom. The van der Waals surface area contributed by atoms with Gasteiger partial charge in [-0.05, 0) is 18.8 Å². The number of carbonyl (C=O) groups excluding carboxylic acids is 1. The van der Waals surface area contributed by atoms with Crippen molar-refractivity contribution >= 4 is 11.9 Å². The molecular weight excluding hydrogens is 410 g/mol. The molecule has 0 saturated carbocycles. The summed E-state index contributed by atoms with van der Waals surface area (Å²) >= 11 is 0. The van der Waals surface area contributed by atoms with E-state index in [1.807, 2.05) is 13.8 Å². The van der Waals surface area contributed by atoms with Crippen LogP contribution in [0.5, 0.6) is 0 Å². The molecule has 0 aromatic heterocycles. The van der Waals surface area contributed by atoms with Crippen molar-refractivity contribution in [1.82, 2.24) is 5.32 Å². The zero-order valence-electron chi connectivity index (χ0n) is 22.5. The molecule has 0 radical (unpaired) electrons. The lowest BCUT2D eigenvalue weighted by Crippen LogP contribution is -2.41. The van der Waals surface area contributed by atoms with E-state index < -0.39 is 12.0 Å². The summed E-state index contributed by atoms with van der Waals surface area (Å²) in [7, 11) is 0. The predicted octanol–water partition coefficient (Wildman–Crippen LogP) is 8.81. The second-order valence-electron chi connectivity index (χ2n) is 10.6. The van der Waals surface area contributed by atoms with Gasteiger partial charge in [-0.2, -0.15) is 0 Å². The molecule has 4 heteroatoms. The van der Waals surface area contributed by atoms with E-state index in [-0.39, 0.29) is 11.8 Å². The minimum atomic E-state index is -0.930. The minimum absolute atomic E-state index is 0.120. The maximum atomic E-state index is 12.0. The van der Waals surface area contributed by atoms with E-state index in [1.165, 1.54) is 116 Å². The second kappa shape index (κ2) is 24.1. The van der Waals surface area contributed by atoms with Gasteiger partial charge in [-0.25, -0.2) is 4.79 Å². The summed E-state index contributed by atoms with van der Waals surface area (Å²) in [6, 6.07) is -0.748. The van der Waals surface area contributed by atoms with Crippen molar-refractivity contribution in [3.63, 3.8) is 0 Å². The summed E-state index contributed by atoms with van der Waals surface area (Å²) in [6.07, 6.45) is 27.8. The van der Waals surface area contributed by atoms with Crippen LogP contribution in [0.15, 0.2) is 0 Å². The number of aliphatic carboxylic acids is 1. The van der Waals surface area contributed by atoms with Gasteiger partial charge in [0.25, 0.3) is 0 Å². The normalized spacial score (nSPS) is 12.2. The van der Waals surface area contributed by atoms with Crippen LogP contribution < -0.4 is 5.32 Å². The van der Waals surface area contributed by atoms with E-state index in [2.05, 4.69) is 12.2 Å². The molecule has 1 atom stereocenters. The average Bonchev–Trinajstić information content (AvgIpc) is 2.77. The van der Waals surface area contributed by atoms with Gasteiger partial charge in [0.1, 0.15) is 6.04 Å². The third-order valence-corrected chi connectivity index (χ3v) is 6.60. The van der Waals surface area contributed by atoms with Gasteiger partial charge in [0.15, 0.2) is 0 Å². The Morgan fingerprint density at radius 2 is 0.939 bits per heavy atom. The Morgan fingerprint density at radius 1 is 0.606 bits per heavy atom.